The minimum atomic E-state index is 0.202. The van der Waals surface area contributed by atoms with Crippen molar-refractivity contribution in [3.8, 4) is 11.5 Å². The molecule has 1 N–H and O–H groups in total. The van der Waals surface area contributed by atoms with Crippen LogP contribution in [0, 0.1) is 0 Å². The van der Waals surface area contributed by atoms with Gasteiger partial charge in [-0.15, -0.1) is 0 Å². The minimum absolute atomic E-state index is 0.202. The van der Waals surface area contributed by atoms with Crippen LogP contribution in [0.2, 0.25) is 0 Å². The topological polar surface area (TPSA) is 33.7 Å². The second-order valence-electron chi connectivity index (χ2n) is 6.44. The largest absolute Gasteiger partial charge is 0.493 e. The fraction of sp³-hybridized carbons (Fsp3) is 0.429. The van der Waals surface area contributed by atoms with Gasteiger partial charge in [-0.05, 0) is 55.3 Å². The van der Waals surface area contributed by atoms with E-state index in [4.69, 9.17) is 9.47 Å². The third-order valence-electron chi connectivity index (χ3n) is 4.73. The second kappa shape index (κ2) is 9.40. The molecule has 4 nitrogen and oxygen atoms in total. The third-order valence-corrected chi connectivity index (χ3v) is 5.26. The lowest BCUT2D eigenvalue weighted by molar-refractivity contribution is 0.240. The van der Waals surface area contributed by atoms with Crippen LogP contribution in [0.1, 0.15) is 30.5 Å². The maximum atomic E-state index is 5.82. The number of nitrogens with zero attached hydrogens (tertiary/aromatic N) is 1. The summed E-state index contributed by atoms with van der Waals surface area (Å²) < 4.78 is 12.4. The lowest BCUT2D eigenvalue weighted by Crippen LogP contribution is -2.33. The highest BCUT2D eigenvalue weighted by Gasteiger charge is 2.24. The number of hydrogen-bond donors (Lipinski definition) is 1. The highest BCUT2D eigenvalue weighted by molar-refractivity contribution is 9.10. The summed E-state index contributed by atoms with van der Waals surface area (Å²) in [7, 11) is 1.68. The van der Waals surface area contributed by atoms with Gasteiger partial charge in [0.15, 0.2) is 11.5 Å². The van der Waals surface area contributed by atoms with Crippen molar-refractivity contribution in [3.05, 3.63) is 58.1 Å². The second-order valence-corrected chi connectivity index (χ2v) is 7.35. The summed E-state index contributed by atoms with van der Waals surface area (Å²) >= 11 is 3.55. The van der Waals surface area contributed by atoms with Gasteiger partial charge in [-0.25, -0.2) is 0 Å². The number of methoxy groups -OCH3 is 1. The molecule has 5 heteroatoms. The zero-order valence-corrected chi connectivity index (χ0v) is 17.1. The first-order valence-electron chi connectivity index (χ1n) is 9.24. The van der Waals surface area contributed by atoms with E-state index in [1.54, 1.807) is 7.11 Å². The molecule has 1 atom stereocenters. The summed E-state index contributed by atoms with van der Waals surface area (Å²) in [5, 5.41) is 3.50. The molecule has 1 aliphatic rings. The van der Waals surface area contributed by atoms with Crippen molar-refractivity contribution in [2.75, 3.05) is 39.9 Å². The Morgan fingerprint density at radius 1 is 1.04 bits per heavy atom. The summed E-state index contributed by atoms with van der Waals surface area (Å²) in [5.41, 5.74) is 2.53. The zero-order valence-electron chi connectivity index (χ0n) is 15.5. The Bertz CT molecular complexity index is 698. The predicted molar refractivity (Wildman–Crippen MR) is 109 cm³/mol. The molecule has 1 aliphatic heterocycles. The summed E-state index contributed by atoms with van der Waals surface area (Å²) in [6.07, 6.45) is 1.15. The van der Waals surface area contributed by atoms with E-state index in [0.29, 0.717) is 6.61 Å². The van der Waals surface area contributed by atoms with Crippen LogP contribution in [0.25, 0.3) is 0 Å². The van der Waals surface area contributed by atoms with Gasteiger partial charge in [0.25, 0.3) is 0 Å². The van der Waals surface area contributed by atoms with Crippen LogP contribution in [-0.4, -0.2) is 44.8 Å². The van der Waals surface area contributed by atoms with Gasteiger partial charge in [0.05, 0.1) is 19.8 Å². The summed E-state index contributed by atoms with van der Waals surface area (Å²) in [6.45, 7) is 6.81. The maximum Gasteiger partial charge on any atom is 0.161 e. The van der Waals surface area contributed by atoms with Crippen LogP contribution in [0.5, 0.6) is 11.5 Å². The fourth-order valence-corrected chi connectivity index (χ4v) is 3.78. The highest BCUT2D eigenvalue weighted by Crippen LogP contribution is 2.36. The number of hydrogen-bond acceptors (Lipinski definition) is 4. The lowest BCUT2D eigenvalue weighted by atomic mass is 9.96. The maximum absolute atomic E-state index is 5.82. The van der Waals surface area contributed by atoms with E-state index in [1.807, 2.05) is 13.0 Å². The van der Waals surface area contributed by atoms with E-state index < -0.39 is 0 Å². The van der Waals surface area contributed by atoms with Crippen molar-refractivity contribution in [2.45, 2.75) is 19.4 Å². The molecular formula is C21H27BrN2O2. The average molecular weight is 419 g/mol. The molecule has 1 saturated heterocycles. The number of halogens is 1. The molecule has 3 rings (SSSR count). The van der Waals surface area contributed by atoms with Gasteiger partial charge < -0.3 is 14.8 Å². The Balaban J connectivity index is 2.01. The molecule has 1 heterocycles. The molecule has 2 aromatic rings. The Morgan fingerprint density at radius 3 is 2.54 bits per heavy atom. The molecule has 1 unspecified atom stereocenters. The van der Waals surface area contributed by atoms with E-state index in [0.717, 1.165) is 48.6 Å². The van der Waals surface area contributed by atoms with Crippen LogP contribution in [0.3, 0.4) is 0 Å². The van der Waals surface area contributed by atoms with E-state index >= 15 is 0 Å². The summed E-state index contributed by atoms with van der Waals surface area (Å²) in [6, 6.07) is 15.2. The van der Waals surface area contributed by atoms with Crippen LogP contribution < -0.4 is 14.8 Å². The van der Waals surface area contributed by atoms with Crippen molar-refractivity contribution in [2.24, 2.45) is 0 Å². The normalized spacial score (nSPS) is 16.7. The van der Waals surface area contributed by atoms with Crippen molar-refractivity contribution >= 4 is 15.9 Å². The number of rotatable bonds is 6. The molecule has 1 fully saturated rings. The van der Waals surface area contributed by atoms with Crippen molar-refractivity contribution < 1.29 is 9.47 Å². The molecule has 0 aromatic heterocycles. The SMILES string of the molecule is CCOc1cc(C(c2ccc(Br)cc2)N2CCCNCC2)ccc1OC. The first-order chi connectivity index (χ1) is 12.7. The molecule has 2 aromatic carbocycles. The molecular weight excluding hydrogens is 392 g/mol. The number of benzene rings is 2. The first kappa shape index (κ1) is 19.2. The Kier molecular flexibility index (Phi) is 6.94. The Morgan fingerprint density at radius 2 is 1.81 bits per heavy atom. The van der Waals surface area contributed by atoms with Gasteiger partial charge in [-0.1, -0.05) is 34.1 Å². The first-order valence-corrected chi connectivity index (χ1v) is 10.0. The quantitative estimate of drug-likeness (QED) is 0.760. The highest BCUT2D eigenvalue weighted by atomic mass is 79.9. The zero-order chi connectivity index (χ0) is 18.4. The Labute approximate surface area is 164 Å². The fourth-order valence-electron chi connectivity index (χ4n) is 3.52. The van der Waals surface area contributed by atoms with Crippen LogP contribution >= 0.6 is 15.9 Å². The van der Waals surface area contributed by atoms with Gasteiger partial charge in [0.2, 0.25) is 0 Å². The summed E-state index contributed by atoms with van der Waals surface area (Å²) in [5.74, 6) is 1.59. The average Bonchev–Trinajstić information content (AvgIpc) is 2.93. The molecule has 0 spiro atoms. The van der Waals surface area contributed by atoms with E-state index in [2.05, 4.69) is 62.5 Å². The van der Waals surface area contributed by atoms with Gasteiger partial charge in [0.1, 0.15) is 0 Å². The van der Waals surface area contributed by atoms with Crippen LogP contribution in [-0.2, 0) is 0 Å². The van der Waals surface area contributed by atoms with Crippen molar-refractivity contribution in [1.82, 2.24) is 10.2 Å². The monoisotopic (exact) mass is 418 g/mol. The van der Waals surface area contributed by atoms with E-state index in [1.165, 1.54) is 11.1 Å². The van der Waals surface area contributed by atoms with Crippen LogP contribution in [0.4, 0.5) is 0 Å². The number of nitrogens with one attached hydrogen (secondary N) is 1. The molecule has 0 aliphatic carbocycles. The van der Waals surface area contributed by atoms with E-state index in [-0.39, 0.29) is 6.04 Å². The molecule has 26 heavy (non-hydrogen) atoms. The minimum Gasteiger partial charge on any atom is -0.493 e. The van der Waals surface area contributed by atoms with Crippen molar-refractivity contribution in [3.63, 3.8) is 0 Å². The molecule has 0 saturated carbocycles. The van der Waals surface area contributed by atoms with Crippen molar-refractivity contribution in [1.29, 1.82) is 0 Å². The van der Waals surface area contributed by atoms with E-state index in [9.17, 15) is 0 Å². The molecule has 0 amide bonds. The van der Waals surface area contributed by atoms with Gasteiger partial charge in [0, 0.05) is 24.1 Å². The smallest absolute Gasteiger partial charge is 0.161 e. The molecule has 140 valence electrons. The Hall–Kier alpha value is -1.56. The summed E-state index contributed by atoms with van der Waals surface area (Å²) in [4.78, 5) is 2.56. The van der Waals surface area contributed by atoms with Gasteiger partial charge in [-0.3, -0.25) is 4.90 Å². The standard InChI is InChI=1S/C21H27BrN2O2/c1-3-26-20-15-17(7-10-19(20)25-2)21(16-5-8-18(22)9-6-16)24-13-4-11-23-12-14-24/h5-10,15,21,23H,3-4,11-14H2,1-2H3. The van der Waals surface area contributed by atoms with Crippen LogP contribution in [0.15, 0.2) is 46.9 Å². The van der Waals surface area contributed by atoms with Gasteiger partial charge in [-0.2, -0.15) is 0 Å². The lowest BCUT2D eigenvalue weighted by Gasteiger charge is -2.31. The number of ether oxygens (including phenoxy) is 2. The van der Waals surface area contributed by atoms with Gasteiger partial charge >= 0.3 is 0 Å². The predicted octanol–water partition coefficient (Wildman–Crippen LogP) is 4.24. The molecule has 0 bridgehead atoms. The third kappa shape index (κ3) is 4.58. The molecule has 0 radical (unpaired) electrons.